The average molecular weight is 325 g/mol. The van der Waals surface area contributed by atoms with Crippen LogP contribution in [0.25, 0.3) is 0 Å². The SMILES string of the molecule is CC(C)(C)c1ccc(OCC2CO2)c(NC(=O)c2ccccc2)c1. The third kappa shape index (κ3) is 4.15. The zero-order valence-corrected chi connectivity index (χ0v) is 14.3. The van der Waals surface area contributed by atoms with E-state index in [4.69, 9.17) is 9.47 Å². The number of anilines is 1. The standard InChI is InChI=1S/C20H23NO3/c1-20(2,3)15-9-10-18(24-13-16-12-23-16)17(11-15)21-19(22)14-7-5-4-6-8-14/h4-11,16H,12-13H2,1-3H3,(H,21,22). The van der Waals surface area contributed by atoms with Gasteiger partial charge in [0.2, 0.25) is 0 Å². The third-order valence-electron chi connectivity index (χ3n) is 3.96. The minimum absolute atomic E-state index is 0.00957. The van der Waals surface area contributed by atoms with Crippen LogP contribution in [0.3, 0.4) is 0 Å². The Bertz CT molecular complexity index is 715. The number of epoxide rings is 1. The van der Waals surface area contributed by atoms with Gasteiger partial charge in [-0.25, -0.2) is 0 Å². The third-order valence-corrected chi connectivity index (χ3v) is 3.96. The fourth-order valence-electron chi connectivity index (χ4n) is 2.35. The first-order valence-corrected chi connectivity index (χ1v) is 8.19. The Kier molecular flexibility index (Phi) is 4.58. The molecule has 1 saturated heterocycles. The zero-order chi connectivity index (χ0) is 17.2. The van der Waals surface area contributed by atoms with Crippen molar-refractivity contribution >= 4 is 11.6 Å². The summed E-state index contributed by atoms with van der Waals surface area (Å²) < 4.78 is 11.0. The van der Waals surface area contributed by atoms with Gasteiger partial charge in [-0.05, 0) is 35.2 Å². The molecular formula is C20H23NO3. The van der Waals surface area contributed by atoms with Gasteiger partial charge < -0.3 is 14.8 Å². The summed E-state index contributed by atoms with van der Waals surface area (Å²) in [5, 5.41) is 2.98. The van der Waals surface area contributed by atoms with Crippen molar-refractivity contribution in [3.63, 3.8) is 0 Å². The summed E-state index contributed by atoms with van der Waals surface area (Å²) in [6.45, 7) is 7.67. The minimum atomic E-state index is -0.144. The van der Waals surface area contributed by atoms with Crippen molar-refractivity contribution in [2.45, 2.75) is 32.3 Å². The molecule has 4 heteroatoms. The zero-order valence-electron chi connectivity index (χ0n) is 14.3. The van der Waals surface area contributed by atoms with E-state index >= 15 is 0 Å². The first kappa shape index (κ1) is 16.5. The van der Waals surface area contributed by atoms with E-state index in [-0.39, 0.29) is 17.4 Å². The van der Waals surface area contributed by atoms with Crippen LogP contribution in [0, 0.1) is 0 Å². The first-order chi connectivity index (χ1) is 11.4. The molecule has 1 N–H and O–H groups in total. The average Bonchev–Trinajstić information content (AvgIpc) is 3.38. The Morgan fingerprint density at radius 3 is 2.54 bits per heavy atom. The molecule has 1 atom stereocenters. The lowest BCUT2D eigenvalue weighted by Crippen LogP contribution is -2.16. The Hall–Kier alpha value is -2.33. The van der Waals surface area contributed by atoms with Crippen molar-refractivity contribution in [1.29, 1.82) is 0 Å². The molecule has 0 bridgehead atoms. The van der Waals surface area contributed by atoms with E-state index in [9.17, 15) is 4.79 Å². The molecule has 2 aromatic carbocycles. The summed E-state index contributed by atoms with van der Waals surface area (Å²) in [5.41, 5.74) is 2.44. The lowest BCUT2D eigenvalue weighted by atomic mass is 9.87. The van der Waals surface area contributed by atoms with E-state index in [0.717, 1.165) is 12.2 Å². The normalized spacial score (nSPS) is 16.5. The number of carbonyl (C=O) groups is 1. The molecule has 0 aromatic heterocycles. The molecule has 0 radical (unpaired) electrons. The summed E-state index contributed by atoms with van der Waals surface area (Å²) in [7, 11) is 0. The van der Waals surface area contributed by atoms with Gasteiger partial charge in [0.25, 0.3) is 5.91 Å². The highest BCUT2D eigenvalue weighted by Gasteiger charge is 2.24. The van der Waals surface area contributed by atoms with E-state index in [1.807, 2.05) is 36.4 Å². The quantitative estimate of drug-likeness (QED) is 0.845. The number of rotatable bonds is 5. The van der Waals surface area contributed by atoms with Gasteiger partial charge in [0.15, 0.2) is 0 Å². The topological polar surface area (TPSA) is 50.9 Å². The van der Waals surface area contributed by atoms with Crippen molar-refractivity contribution in [1.82, 2.24) is 0 Å². The molecule has 2 aromatic rings. The Balaban J connectivity index is 1.85. The Labute approximate surface area is 142 Å². The molecule has 1 fully saturated rings. The summed E-state index contributed by atoms with van der Waals surface area (Å²) in [5.74, 6) is 0.525. The molecule has 1 heterocycles. The summed E-state index contributed by atoms with van der Waals surface area (Å²) in [6.07, 6.45) is 0.171. The van der Waals surface area contributed by atoms with Crippen LogP contribution in [-0.2, 0) is 10.2 Å². The molecular weight excluding hydrogens is 302 g/mol. The second-order valence-corrected chi connectivity index (χ2v) is 7.05. The monoisotopic (exact) mass is 325 g/mol. The summed E-state index contributed by atoms with van der Waals surface area (Å²) in [4.78, 5) is 12.5. The first-order valence-electron chi connectivity index (χ1n) is 8.19. The van der Waals surface area contributed by atoms with Crippen LogP contribution < -0.4 is 10.1 Å². The molecule has 1 aliphatic rings. The fourth-order valence-corrected chi connectivity index (χ4v) is 2.35. The van der Waals surface area contributed by atoms with Crippen LogP contribution in [-0.4, -0.2) is 25.2 Å². The van der Waals surface area contributed by atoms with Crippen LogP contribution >= 0.6 is 0 Å². The van der Waals surface area contributed by atoms with Gasteiger partial charge in [-0.15, -0.1) is 0 Å². The second-order valence-electron chi connectivity index (χ2n) is 7.05. The van der Waals surface area contributed by atoms with Crippen molar-refractivity contribution in [3.05, 3.63) is 59.7 Å². The fraction of sp³-hybridized carbons (Fsp3) is 0.350. The number of ether oxygens (including phenoxy) is 2. The van der Waals surface area contributed by atoms with E-state index in [2.05, 4.69) is 26.1 Å². The lowest BCUT2D eigenvalue weighted by Gasteiger charge is -2.21. The van der Waals surface area contributed by atoms with Crippen LogP contribution in [0.15, 0.2) is 48.5 Å². The summed E-state index contributed by atoms with van der Waals surface area (Å²) >= 11 is 0. The highest BCUT2D eigenvalue weighted by atomic mass is 16.6. The number of carbonyl (C=O) groups excluding carboxylic acids is 1. The molecule has 0 aliphatic carbocycles. The molecule has 1 aliphatic heterocycles. The second kappa shape index (κ2) is 6.65. The number of hydrogen-bond donors (Lipinski definition) is 1. The highest BCUT2D eigenvalue weighted by Crippen LogP contribution is 2.32. The van der Waals surface area contributed by atoms with Crippen LogP contribution in [0.2, 0.25) is 0 Å². The Morgan fingerprint density at radius 1 is 1.21 bits per heavy atom. The van der Waals surface area contributed by atoms with E-state index in [1.165, 1.54) is 0 Å². The van der Waals surface area contributed by atoms with E-state index in [0.29, 0.717) is 23.6 Å². The predicted octanol–water partition coefficient (Wildman–Crippen LogP) is 4.01. The number of hydrogen-bond acceptors (Lipinski definition) is 3. The summed E-state index contributed by atoms with van der Waals surface area (Å²) in [6, 6.07) is 15.1. The van der Waals surface area contributed by atoms with Gasteiger partial charge in [-0.2, -0.15) is 0 Å². The largest absolute Gasteiger partial charge is 0.489 e. The van der Waals surface area contributed by atoms with Gasteiger partial charge in [-0.3, -0.25) is 4.79 Å². The van der Waals surface area contributed by atoms with Crippen molar-refractivity contribution in [2.75, 3.05) is 18.5 Å². The molecule has 0 saturated carbocycles. The Morgan fingerprint density at radius 2 is 1.92 bits per heavy atom. The molecule has 4 nitrogen and oxygen atoms in total. The predicted molar refractivity (Wildman–Crippen MR) is 94.8 cm³/mol. The molecule has 1 amide bonds. The van der Waals surface area contributed by atoms with Gasteiger partial charge in [0.05, 0.1) is 12.3 Å². The van der Waals surface area contributed by atoms with Crippen LogP contribution in [0.5, 0.6) is 5.75 Å². The number of nitrogens with one attached hydrogen (secondary N) is 1. The molecule has 126 valence electrons. The number of benzene rings is 2. The smallest absolute Gasteiger partial charge is 0.255 e. The van der Waals surface area contributed by atoms with E-state index < -0.39 is 0 Å². The van der Waals surface area contributed by atoms with Gasteiger partial charge >= 0.3 is 0 Å². The highest BCUT2D eigenvalue weighted by molar-refractivity contribution is 6.05. The van der Waals surface area contributed by atoms with Crippen LogP contribution in [0.1, 0.15) is 36.7 Å². The minimum Gasteiger partial charge on any atom is -0.489 e. The van der Waals surface area contributed by atoms with Crippen LogP contribution in [0.4, 0.5) is 5.69 Å². The van der Waals surface area contributed by atoms with Gasteiger partial charge in [0.1, 0.15) is 18.5 Å². The van der Waals surface area contributed by atoms with E-state index in [1.54, 1.807) is 12.1 Å². The molecule has 0 spiro atoms. The van der Waals surface area contributed by atoms with Gasteiger partial charge in [0, 0.05) is 5.56 Å². The maximum Gasteiger partial charge on any atom is 0.255 e. The molecule has 3 rings (SSSR count). The maximum atomic E-state index is 12.5. The van der Waals surface area contributed by atoms with Crippen molar-refractivity contribution in [3.8, 4) is 5.75 Å². The molecule has 24 heavy (non-hydrogen) atoms. The van der Waals surface area contributed by atoms with Crippen molar-refractivity contribution < 1.29 is 14.3 Å². The molecule has 1 unspecified atom stereocenters. The van der Waals surface area contributed by atoms with Crippen molar-refractivity contribution in [2.24, 2.45) is 0 Å². The van der Waals surface area contributed by atoms with Gasteiger partial charge in [-0.1, -0.05) is 45.0 Å². The lowest BCUT2D eigenvalue weighted by molar-refractivity contribution is 0.102. The number of amides is 1. The maximum absolute atomic E-state index is 12.5.